The Bertz CT molecular complexity index is 314. The van der Waals surface area contributed by atoms with Gasteiger partial charge in [-0.25, -0.2) is 9.97 Å². The predicted molar refractivity (Wildman–Crippen MR) is 68.7 cm³/mol. The van der Waals surface area contributed by atoms with Crippen LogP contribution in [0.4, 0.5) is 5.82 Å². The summed E-state index contributed by atoms with van der Waals surface area (Å²) >= 11 is 0. The summed E-state index contributed by atoms with van der Waals surface area (Å²) in [6.07, 6.45) is 2.43. The Balaban J connectivity index is 2.52. The lowest BCUT2D eigenvalue weighted by molar-refractivity contribution is 0.527. The number of rotatable bonds is 5. The molecule has 1 atom stereocenters. The Morgan fingerprint density at radius 2 is 1.81 bits per heavy atom. The van der Waals surface area contributed by atoms with Gasteiger partial charge in [-0.3, -0.25) is 0 Å². The van der Waals surface area contributed by atoms with Gasteiger partial charge in [-0.05, 0) is 39.5 Å². The van der Waals surface area contributed by atoms with Crippen LogP contribution in [0.25, 0.3) is 0 Å². The van der Waals surface area contributed by atoms with Gasteiger partial charge in [0.1, 0.15) is 11.6 Å². The molecule has 1 heterocycles. The minimum atomic E-state index is 0.469. The van der Waals surface area contributed by atoms with Crippen LogP contribution < -0.4 is 5.32 Å². The van der Waals surface area contributed by atoms with E-state index in [1.165, 1.54) is 12.8 Å². The molecule has 0 aliphatic carbocycles. The molecular weight excluding hydrogens is 198 g/mol. The lowest BCUT2D eigenvalue weighted by atomic mass is 10.0. The Morgan fingerprint density at radius 1 is 1.12 bits per heavy atom. The van der Waals surface area contributed by atoms with E-state index in [1.54, 1.807) is 0 Å². The minimum absolute atomic E-state index is 0.469. The van der Waals surface area contributed by atoms with Crippen molar-refractivity contribution in [3.05, 3.63) is 17.6 Å². The molecule has 1 unspecified atom stereocenters. The van der Waals surface area contributed by atoms with Crippen LogP contribution in [0.5, 0.6) is 0 Å². The van der Waals surface area contributed by atoms with E-state index in [-0.39, 0.29) is 0 Å². The minimum Gasteiger partial charge on any atom is -0.368 e. The third kappa shape index (κ3) is 4.60. The second-order valence-electron chi connectivity index (χ2n) is 4.96. The molecule has 1 aromatic heterocycles. The Kier molecular flexibility index (Phi) is 4.71. The zero-order valence-corrected chi connectivity index (χ0v) is 11.0. The maximum atomic E-state index is 4.38. The first-order valence-corrected chi connectivity index (χ1v) is 6.06. The van der Waals surface area contributed by atoms with Gasteiger partial charge >= 0.3 is 0 Å². The van der Waals surface area contributed by atoms with Gasteiger partial charge in [0.2, 0.25) is 0 Å². The lowest BCUT2D eigenvalue weighted by Crippen LogP contribution is -2.17. The smallest absolute Gasteiger partial charge is 0.130 e. The van der Waals surface area contributed by atoms with Crippen molar-refractivity contribution in [3.63, 3.8) is 0 Å². The molecule has 1 rings (SSSR count). The summed E-state index contributed by atoms with van der Waals surface area (Å²) in [6, 6.07) is 2.47. The molecule has 1 N–H and O–H groups in total. The number of nitrogens with one attached hydrogen (secondary N) is 1. The number of aromatic nitrogens is 2. The summed E-state index contributed by atoms with van der Waals surface area (Å²) in [5.74, 6) is 2.54. The number of anilines is 1. The highest BCUT2D eigenvalue weighted by molar-refractivity contribution is 5.36. The zero-order valence-electron chi connectivity index (χ0n) is 11.0. The monoisotopic (exact) mass is 221 g/mol. The Morgan fingerprint density at radius 3 is 2.38 bits per heavy atom. The van der Waals surface area contributed by atoms with E-state index in [9.17, 15) is 0 Å². The number of nitrogens with zero attached hydrogens (tertiary/aromatic N) is 2. The van der Waals surface area contributed by atoms with Gasteiger partial charge in [0, 0.05) is 17.8 Å². The van der Waals surface area contributed by atoms with Crippen molar-refractivity contribution in [2.75, 3.05) is 5.32 Å². The summed E-state index contributed by atoms with van der Waals surface area (Å²) in [5.41, 5.74) is 1.02. The van der Waals surface area contributed by atoms with Crippen molar-refractivity contribution in [1.82, 2.24) is 9.97 Å². The Hall–Kier alpha value is -1.12. The van der Waals surface area contributed by atoms with Crippen molar-refractivity contribution in [2.45, 2.75) is 53.5 Å². The summed E-state index contributed by atoms with van der Waals surface area (Å²) in [6.45, 7) is 10.6. The van der Waals surface area contributed by atoms with E-state index in [0.717, 1.165) is 23.3 Å². The van der Waals surface area contributed by atoms with E-state index in [0.29, 0.717) is 6.04 Å². The van der Waals surface area contributed by atoms with Crippen LogP contribution in [0.3, 0.4) is 0 Å². The second kappa shape index (κ2) is 5.83. The average molecular weight is 221 g/mol. The van der Waals surface area contributed by atoms with E-state index < -0.39 is 0 Å². The number of hydrogen-bond donors (Lipinski definition) is 1. The molecular formula is C13H23N3. The first-order valence-electron chi connectivity index (χ1n) is 6.06. The first-order chi connectivity index (χ1) is 7.47. The van der Waals surface area contributed by atoms with Crippen molar-refractivity contribution in [2.24, 2.45) is 5.92 Å². The van der Waals surface area contributed by atoms with Crippen molar-refractivity contribution in [3.8, 4) is 0 Å². The fourth-order valence-electron chi connectivity index (χ4n) is 1.70. The van der Waals surface area contributed by atoms with Gasteiger partial charge in [0.05, 0.1) is 0 Å². The molecule has 0 amide bonds. The molecule has 0 aliphatic heterocycles. The van der Waals surface area contributed by atoms with Gasteiger partial charge in [0.25, 0.3) is 0 Å². The predicted octanol–water partition coefficient (Wildman–Crippen LogP) is 3.33. The summed E-state index contributed by atoms with van der Waals surface area (Å²) in [7, 11) is 0. The van der Waals surface area contributed by atoms with Crippen LogP contribution in [0, 0.1) is 19.8 Å². The van der Waals surface area contributed by atoms with Gasteiger partial charge in [0.15, 0.2) is 0 Å². The van der Waals surface area contributed by atoms with Crippen LogP contribution in [0.2, 0.25) is 0 Å². The second-order valence-corrected chi connectivity index (χ2v) is 4.96. The molecule has 1 aromatic rings. The van der Waals surface area contributed by atoms with Gasteiger partial charge < -0.3 is 5.32 Å². The van der Waals surface area contributed by atoms with Crippen LogP contribution in [-0.4, -0.2) is 16.0 Å². The lowest BCUT2D eigenvalue weighted by Gasteiger charge is -2.16. The molecule has 90 valence electrons. The molecule has 16 heavy (non-hydrogen) atoms. The average Bonchev–Trinajstić information content (AvgIpc) is 2.12. The van der Waals surface area contributed by atoms with Gasteiger partial charge in [-0.2, -0.15) is 0 Å². The molecule has 3 nitrogen and oxygen atoms in total. The van der Waals surface area contributed by atoms with E-state index in [1.807, 2.05) is 19.9 Å². The first kappa shape index (κ1) is 12.9. The SMILES string of the molecule is Cc1cc(NC(C)CCC(C)C)nc(C)n1. The molecule has 0 aromatic carbocycles. The van der Waals surface area contributed by atoms with E-state index in [4.69, 9.17) is 0 Å². The van der Waals surface area contributed by atoms with Crippen LogP contribution in [0.15, 0.2) is 6.07 Å². The molecule has 0 saturated heterocycles. The van der Waals surface area contributed by atoms with E-state index in [2.05, 4.69) is 36.1 Å². The van der Waals surface area contributed by atoms with Crippen molar-refractivity contribution >= 4 is 5.82 Å². The summed E-state index contributed by atoms with van der Waals surface area (Å²) in [5, 5.41) is 3.43. The molecule has 0 radical (unpaired) electrons. The van der Waals surface area contributed by atoms with Crippen molar-refractivity contribution < 1.29 is 0 Å². The molecule has 0 fully saturated rings. The highest BCUT2D eigenvalue weighted by Gasteiger charge is 2.05. The summed E-state index contributed by atoms with van der Waals surface area (Å²) < 4.78 is 0. The zero-order chi connectivity index (χ0) is 12.1. The van der Waals surface area contributed by atoms with E-state index >= 15 is 0 Å². The van der Waals surface area contributed by atoms with Crippen LogP contribution >= 0.6 is 0 Å². The highest BCUT2D eigenvalue weighted by Crippen LogP contribution is 2.12. The van der Waals surface area contributed by atoms with Crippen molar-refractivity contribution in [1.29, 1.82) is 0 Å². The normalized spacial score (nSPS) is 12.9. The number of hydrogen-bond acceptors (Lipinski definition) is 3. The topological polar surface area (TPSA) is 37.8 Å². The third-order valence-corrected chi connectivity index (χ3v) is 2.54. The third-order valence-electron chi connectivity index (χ3n) is 2.54. The molecule has 0 aliphatic rings. The maximum Gasteiger partial charge on any atom is 0.130 e. The fraction of sp³-hybridized carbons (Fsp3) is 0.692. The van der Waals surface area contributed by atoms with Crippen LogP contribution in [0.1, 0.15) is 45.1 Å². The quantitative estimate of drug-likeness (QED) is 0.828. The number of aryl methyl sites for hydroxylation is 2. The largest absolute Gasteiger partial charge is 0.368 e. The molecule has 0 bridgehead atoms. The van der Waals surface area contributed by atoms with Gasteiger partial charge in [-0.15, -0.1) is 0 Å². The molecule has 0 saturated carbocycles. The highest BCUT2D eigenvalue weighted by atomic mass is 15.0. The standard InChI is InChI=1S/C13H23N3/c1-9(2)6-7-10(3)15-13-8-11(4)14-12(5)16-13/h8-10H,6-7H2,1-5H3,(H,14,15,16). The summed E-state index contributed by atoms with van der Waals surface area (Å²) in [4.78, 5) is 8.64. The fourth-order valence-corrected chi connectivity index (χ4v) is 1.70. The molecule has 3 heteroatoms. The van der Waals surface area contributed by atoms with Gasteiger partial charge in [-0.1, -0.05) is 13.8 Å². The maximum absolute atomic E-state index is 4.38. The molecule has 0 spiro atoms. The Labute approximate surface area is 98.7 Å². The van der Waals surface area contributed by atoms with Crippen LogP contribution in [-0.2, 0) is 0 Å².